The zero-order valence-corrected chi connectivity index (χ0v) is 10.6. The molecule has 0 atom stereocenters. The predicted octanol–water partition coefficient (Wildman–Crippen LogP) is 0.404. The molecule has 0 amide bonds. The summed E-state index contributed by atoms with van der Waals surface area (Å²) in [7, 11) is 1.31. The summed E-state index contributed by atoms with van der Waals surface area (Å²) in [5.74, 6) is 0. The van der Waals surface area contributed by atoms with E-state index in [0.717, 1.165) is 0 Å². The minimum absolute atomic E-state index is 0.670. The van der Waals surface area contributed by atoms with E-state index < -0.39 is 17.8 Å². The first-order valence-electron chi connectivity index (χ1n) is 3.78. The van der Waals surface area contributed by atoms with Crippen LogP contribution < -0.4 is 0 Å². The molecule has 0 aliphatic heterocycles. The van der Waals surface area contributed by atoms with Crippen molar-refractivity contribution in [1.29, 1.82) is 0 Å². The van der Waals surface area contributed by atoms with Crippen LogP contribution in [0.25, 0.3) is 0 Å². The zero-order valence-electron chi connectivity index (χ0n) is 8.42. The fourth-order valence-corrected chi connectivity index (χ4v) is 4.85. The van der Waals surface area contributed by atoms with Crippen molar-refractivity contribution in [3.8, 4) is 0 Å². The Bertz CT molecular complexity index is 116. The van der Waals surface area contributed by atoms with Crippen LogP contribution in [0.2, 0.25) is 13.1 Å². The summed E-state index contributed by atoms with van der Waals surface area (Å²) < 4.78 is 20.8. The molecule has 0 spiro atoms. The van der Waals surface area contributed by atoms with E-state index >= 15 is 0 Å². The van der Waals surface area contributed by atoms with E-state index in [0.29, 0.717) is 6.23 Å². The van der Waals surface area contributed by atoms with E-state index in [-0.39, 0.29) is 0 Å². The van der Waals surface area contributed by atoms with Crippen LogP contribution >= 0.6 is 0 Å². The SMILES string of the molecule is COC[Si](C)(C)O[SiH](OC)OC. The molecule has 0 unspecified atom stereocenters. The van der Waals surface area contributed by atoms with Gasteiger partial charge in [-0.3, -0.25) is 0 Å². The molecule has 6 heteroatoms. The molecule has 0 aliphatic carbocycles. The van der Waals surface area contributed by atoms with Crippen LogP contribution in [0.15, 0.2) is 0 Å². The minimum atomic E-state index is -1.87. The van der Waals surface area contributed by atoms with Gasteiger partial charge in [0.2, 0.25) is 8.32 Å². The molecule has 0 aromatic rings. The maximum atomic E-state index is 5.68. The van der Waals surface area contributed by atoms with Crippen LogP contribution in [0.3, 0.4) is 0 Å². The summed E-state index contributed by atoms with van der Waals surface area (Å²) in [6.07, 6.45) is 0.670. The number of rotatable bonds is 6. The molecule has 0 heterocycles. The van der Waals surface area contributed by atoms with Gasteiger partial charge in [0.15, 0.2) is 0 Å². The van der Waals surface area contributed by atoms with E-state index in [1.165, 1.54) is 0 Å². The van der Waals surface area contributed by atoms with Gasteiger partial charge in [-0.1, -0.05) is 0 Å². The van der Waals surface area contributed by atoms with E-state index in [1.807, 2.05) is 0 Å². The summed E-state index contributed by atoms with van der Waals surface area (Å²) in [6.45, 7) is 4.16. The van der Waals surface area contributed by atoms with E-state index in [2.05, 4.69) is 13.1 Å². The van der Waals surface area contributed by atoms with Crippen LogP contribution in [-0.2, 0) is 17.7 Å². The lowest BCUT2D eigenvalue weighted by Crippen LogP contribution is -2.44. The predicted molar refractivity (Wildman–Crippen MR) is 51.6 cm³/mol. The average molecular weight is 210 g/mol. The Kier molecular flexibility index (Phi) is 5.97. The van der Waals surface area contributed by atoms with Crippen molar-refractivity contribution in [1.82, 2.24) is 0 Å². The van der Waals surface area contributed by atoms with Gasteiger partial charge in [-0.15, -0.1) is 0 Å². The van der Waals surface area contributed by atoms with Gasteiger partial charge in [-0.25, -0.2) is 0 Å². The van der Waals surface area contributed by atoms with Crippen LogP contribution in [-0.4, -0.2) is 45.4 Å². The van der Waals surface area contributed by atoms with Crippen LogP contribution in [0.1, 0.15) is 0 Å². The smallest absolute Gasteiger partial charge is 0.416 e. The molecule has 4 nitrogen and oxygen atoms in total. The number of ether oxygens (including phenoxy) is 1. The van der Waals surface area contributed by atoms with Crippen molar-refractivity contribution < 1.29 is 17.7 Å². The molecule has 0 aromatic heterocycles. The van der Waals surface area contributed by atoms with Gasteiger partial charge in [-0.05, 0) is 13.1 Å². The maximum Gasteiger partial charge on any atom is 0.473 e. The average Bonchev–Trinajstić information content (AvgIpc) is 2.00. The number of hydrogen-bond acceptors (Lipinski definition) is 4. The Labute approximate surface area is 76.9 Å². The lowest BCUT2D eigenvalue weighted by Gasteiger charge is -2.25. The normalized spacial score (nSPS) is 12.5. The molecule has 0 saturated heterocycles. The van der Waals surface area contributed by atoms with Crippen LogP contribution in [0.4, 0.5) is 0 Å². The Balaban J connectivity index is 3.84. The van der Waals surface area contributed by atoms with E-state index in [9.17, 15) is 0 Å². The maximum absolute atomic E-state index is 5.68. The quantitative estimate of drug-likeness (QED) is 0.595. The van der Waals surface area contributed by atoms with Gasteiger partial charge >= 0.3 is 9.53 Å². The topological polar surface area (TPSA) is 36.9 Å². The van der Waals surface area contributed by atoms with Gasteiger partial charge in [0.1, 0.15) is 0 Å². The molecule has 0 radical (unpaired) electrons. The second-order valence-corrected chi connectivity index (χ2v) is 9.34. The Morgan fingerprint density at radius 3 is 1.92 bits per heavy atom. The molecule has 0 aliphatic rings. The second kappa shape index (κ2) is 5.84. The highest BCUT2D eigenvalue weighted by atomic mass is 28.4. The summed E-state index contributed by atoms with van der Waals surface area (Å²) in [5, 5.41) is 0. The van der Waals surface area contributed by atoms with Crippen molar-refractivity contribution in [3.05, 3.63) is 0 Å². The molecule has 0 aromatic carbocycles. The van der Waals surface area contributed by atoms with Crippen LogP contribution in [0, 0.1) is 0 Å². The molecule has 0 bridgehead atoms. The first-order chi connectivity index (χ1) is 5.55. The molecule has 12 heavy (non-hydrogen) atoms. The molecular weight excluding hydrogens is 192 g/mol. The number of methoxy groups -OCH3 is 1. The highest BCUT2D eigenvalue weighted by Gasteiger charge is 2.28. The van der Waals surface area contributed by atoms with Crippen molar-refractivity contribution in [2.24, 2.45) is 0 Å². The summed E-state index contributed by atoms with van der Waals surface area (Å²) in [4.78, 5) is 0. The van der Waals surface area contributed by atoms with Crippen LogP contribution in [0.5, 0.6) is 0 Å². The molecule has 0 fully saturated rings. The Morgan fingerprint density at radius 1 is 1.08 bits per heavy atom. The third kappa shape index (κ3) is 5.01. The third-order valence-corrected chi connectivity index (χ3v) is 6.37. The van der Waals surface area contributed by atoms with Gasteiger partial charge in [0, 0.05) is 21.3 Å². The molecular formula is C6H18O4Si2. The summed E-state index contributed by atoms with van der Waals surface area (Å²) in [5.41, 5.74) is 0. The molecule has 0 rings (SSSR count). The summed E-state index contributed by atoms with van der Waals surface area (Å²) in [6, 6.07) is 0. The highest BCUT2D eigenvalue weighted by molar-refractivity contribution is 6.76. The van der Waals surface area contributed by atoms with Crippen molar-refractivity contribution in [2.45, 2.75) is 13.1 Å². The lowest BCUT2D eigenvalue weighted by atomic mass is 11.5. The van der Waals surface area contributed by atoms with Gasteiger partial charge in [0.05, 0.1) is 6.23 Å². The zero-order chi connectivity index (χ0) is 9.61. The molecule has 0 N–H and O–H groups in total. The van der Waals surface area contributed by atoms with E-state index in [1.54, 1.807) is 21.3 Å². The van der Waals surface area contributed by atoms with Crippen molar-refractivity contribution >= 4 is 17.8 Å². The van der Waals surface area contributed by atoms with Gasteiger partial charge in [0.25, 0.3) is 0 Å². The molecule has 0 saturated carbocycles. The highest BCUT2D eigenvalue weighted by Crippen LogP contribution is 2.06. The lowest BCUT2D eigenvalue weighted by molar-refractivity contribution is 0.182. The third-order valence-electron chi connectivity index (χ3n) is 1.29. The van der Waals surface area contributed by atoms with Gasteiger partial charge in [-0.2, -0.15) is 0 Å². The Hall–Kier alpha value is 0.274. The van der Waals surface area contributed by atoms with Gasteiger partial charge < -0.3 is 17.7 Å². The first kappa shape index (κ1) is 12.3. The monoisotopic (exact) mass is 210 g/mol. The fourth-order valence-electron chi connectivity index (χ4n) is 0.835. The molecule has 74 valence electrons. The fraction of sp³-hybridized carbons (Fsp3) is 1.00. The van der Waals surface area contributed by atoms with Crippen molar-refractivity contribution in [3.63, 3.8) is 0 Å². The summed E-state index contributed by atoms with van der Waals surface area (Å²) >= 11 is 0. The van der Waals surface area contributed by atoms with E-state index in [4.69, 9.17) is 17.7 Å². The minimum Gasteiger partial charge on any atom is -0.416 e. The number of hydrogen-bond donors (Lipinski definition) is 0. The van der Waals surface area contributed by atoms with Crippen molar-refractivity contribution in [2.75, 3.05) is 27.6 Å². The first-order valence-corrected chi connectivity index (χ1v) is 8.31. The second-order valence-electron chi connectivity index (χ2n) is 3.07. The Morgan fingerprint density at radius 2 is 1.58 bits per heavy atom. The standard InChI is InChI=1S/C6H18O4Si2/c1-7-6-12(4,5)10-11(8-2)9-3/h11H,6H2,1-5H3. The largest absolute Gasteiger partial charge is 0.473 e.